The van der Waals surface area contributed by atoms with E-state index in [1.807, 2.05) is 25.4 Å². The topological polar surface area (TPSA) is 29.9 Å². The van der Waals surface area contributed by atoms with Crippen LogP contribution in [0.5, 0.6) is 0 Å². The largest absolute Gasteiger partial charge is 0.306 e. The summed E-state index contributed by atoms with van der Waals surface area (Å²) in [5.41, 5.74) is 1.65. The zero-order chi connectivity index (χ0) is 13.0. The predicted molar refractivity (Wildman–Crippen MR) is 69.7 cm³/mol. The number of nitrogens with one attached hydrogen (secondary N) is 1. The third-order valence-electron chi connectivity index (χ3n) is 2.87. The van der Waals surface area contributed by atoms with E-state index in [1.165, 1.54) is 6.07 Å². The van der Waals surface area contributed by atoms with E-state index in [4.69, 9.17) is 0 Å². The third kappa shape index (κ3) is 2.76. The Balaban J connectivity index is 2.33. The highest BCUT2D eigenvalue weighted by Crippen LogP contribution is 2.23. The Hall–Kier alpha value is -1.68. The molecule has 0 fully saturated rings. The highest BCUT2D eigenvalue weighted by molar-refractivity contribution is 5.30. The number of halogens is 1. The number of hydrogen-bond donors (Lipinski definition) is 1. The Labute approximate surface area is 107 Å². The van der Waals surface area contributed by atoms with Crippen LogP contribution in [-0.4, -0.2) is 16.3 Å². The predicted octanol–water partition coefficient (Wildman–Crippen LogP) is 2.65. The minimum absolute atomic E-state index is 0.139. The van der Waals surface area contributed by atoms with Crippen molar-refractivity contribution in [1.82, 2.24) is 15.1 Å². The van der Waals surface area contributed by atoms with Crippen LogP contribution in [0, 0.1) is 5.82 Å². The Kier molecular flexibility index (Phi) is 4.10. The fourth-order valence-electron chi connectivity index (χ4n) is 1.99. The quantitative estimate of drug-likeness (QED) is 0.880. The maximum absolute atomic E-state index is 13.9. The highest BCUT2D eigenvalue weighted by Gasteiger charge is 2.17. The molecule has 1 unspecified atom stereocenters. The first-order valence-electron chi connectivity index (χ1n) is 6.18. The standard InChI is InChI=1S/C14H18FN3/c1-3-8-16-14(11-9-17-18(2)10-11)12-6-4-5-7-13(12)15/h4-7,9-10,14,16H,3,8H2,1-2H3. The summed E-state index contributed by atoms with van der Waals surface area (Å²) in [4.78, 5) is 0. The Morgan fingerprint density at radius 2 is 2.17 bits per heavy atom. The van der Waals surface area contributed by atoms with Crippen LogP contribution in [0.4, 0.5) is 4.39 Å². The first kappa shape index (κ1) is 12.8. The summed E-state index contributed by atoms with van der Waals surface area (Å²) in [6.07, 6.45) is 4.70. The van der Waals surface area contributed by atoms with Crippen LogP contribution >= 0.6 is 0 Å². The van der Waals surface area contributed by atoms with Gasteiger partial charge in [-0.1, -0.05) is 25.1 Å². The van der Waals surface area contributed by atoms with Gasteiger partial charge in [0, 0.05) is 24.4 Å². The van der Waals surface area contributed by atoms with E-state index in [1.54, 1.807) is 16.9 Å². The van der Waals surface area contributed by atoms with Crippen LogP contribution in [-0.2, 0) is 7.05 Å². The van der Waals surface area contributed by atoms with Gasteiger partial charge in [0.25, 0.3) is 0 Å². The summed E-state index contributed by atoms with van der Waals surface area (Å²) in [5, 5.41) is 7.52. The van der Waals surface area contributed by atoms with Crippen molar-refractivity contribution < 1.29 is 4.39 Å². The van der Waals surface area contributed by atoms with E-state index in [0.29, 0.717) is 5.56 Å². The maximum atomic E-state index is 13.9. The van der Waals surface area contributed by atoms with Crippen LogP contribution in [0.25, 0.3) is 0 Å². The lowest BCUT2D eigenvalue weighted by Gasteiger charge is -2.18. The van der Waals surface area contributed by atoms with Gasteiger partial charge in [-0.3, -0.25) is 4.68 Å². The normalized spacial score (nSPS) is 12.6. The second-order valence-electron chi connectivity index (χ2n) is 4.36. The van der Waals surface area contributed by atoms with Gasteiger partial charge < -0.3 is 5.32 Å². The van der Waals surface area contributed by atoms with Crippen LogP contribution in [0.3, 0.4) is 0 Å². The average Bonchev–Trinajstić information content (AvgIpc) is 2.78. The molecule has 0 saturated heterocycles. The molecule has 0 saturated carbocycles. The molecule has 1 N–H and O–H groups in total. The smallest absolute Gasteiger partial charge is 0.128 e. The molecule has 1 atom stereocenters. The number of aryl methyl sites for hydroxylation is 1. The minimum atomic E-state index is -0.185. The van der Waals surface area contributed by atoms with Crippen molar-refractivity contribution in [3.8, 4) is 0 Å². The second-order valence-corrected chi connectivity index (χ2v) is 4.36. The maximum Gasteiger partial charge on any atom is 0.128 e. The number of aromatic nitrogens is 2. The van der Waals surface area contributed by atoms with Crippen LogP contribution < -0.4 is 5.32 Å². The van der Waals surface area contributed by atoms with Gasteiger partial charge >= 0.3 is 0 Å². The lowest BCUT2D eigenvalue weighted by molar-refractivity contribution is 0.546. The zero-order valence-electron chi connectivity index (χ0n) is 10.7. The number of hydrogen-bond acceptors (Lipinski definition) is 2. The SMILES string of the molecule is CCCNC(c1cnn(C)c1)c1ccccc1F. The van der Waals surface area contributed by atoms with Gasteiger partial charge in [0.1, 0.15) is 5.82 Å². The molecule has 2 aromatic rings. The Morgan fingerprint density at radius 3 is 2.78 bits per heavy atom. The molecule has 0 bridgehead atoms. The summed E-state index contributed by atoms with van der Waals surface area (Å²) >= 11 is 0. The van der Waals surface area contributed by atoms with Crippen molar-refractivity contribution in [3.05, 3.63) is 53.6 Å². The molecule has 18 heavy (non-hydrogen) atoms. The van der Waals surface area contributed by atoms with Crippen molar-refractivity contribution in [2.75, 3.05) is 6.54 Å². The van der Waals surface area contributed by atoms with Gasteiger partial charge in [0.2, 0.25) is 0 Å². The van der Waals surface area contributed by atoms with Crippen molar-refractivity contribution in [2.45, 2.75) is 19.4 Å². The van der Waals surface area contributed by atoms with Gasteiger partial charge in [-0.25, -0.2) is 4.39 Å². The van der Waals surface area contributed by atoms with Crippen LogP contribution in [0.1, 0.15) is 30.5 Å². The molecule has 1 heterocycles. The summed E-state index contributed by atoms with van der Waals surface area (Å²) in [6, 6.07) is 6.73. The van der Waals surface area contributed by atoms with Crippen LogP contribution in [0.15, 0.2) is 36.7 Å². The van der Waals surface area contributed by atoms with Gasteiger partial charge in [-0.2, -0.15) is 5.10 Å². The second kappa shape index (κ2) is 5.78. The Bertz CT molecular complexity index is 507. The molecule has 0 aliphatic rings. The average molecular weight is 247 g/mol. The minimum Gasteiger partial charge on any atom is -0.306 e. The van der Waals surface area contributed by atoms with E-state index in [2.05, 4.69) is 17.3 Å². The van der Waals surface area contributed by atoms with Crippen LogP contribution in [0.2, 0.25) is 0 Å². The molecule has 0 spiro atoms. The molecule has 4 heteroatoms. The van der Waals surface area contributed by atoms with Crippen molar-refractivity contribution in [1.29, 1.82) is 0 Å². The molecule has 0 aliphatic carbocycles. The summed E-state index contributed by atoms with van der Waals surface area (Å²) in [5.74, 6) is -0.185. The molecule has 2 rings (SSSR count). The van der Waals surface area contributed by atoms with Gasteiger partial charge in [-0.15, -0.1) is 0 Å². The highest BCUT2D eigenvalue weighted by atomic mass is 19.1. The third-order valence-corrected chi connectivity index (χ3v) is 2.87. The van der Waals surface area contributed by atoms with E-state index in [-0.39, 0.29) is 11.9 Å². The fraction of sp³-hybridized carbons (Fsp3) is 0.357. The Morgan fingerprint density at radius 1 is 1.39 bits per heavy atom. The van der Waals surface area contributed by atoms with Crippen molar-refractivity contribution in [2.24, 2.45) is 7.05 Å². The summed E-state index contributed by atoms with van der Waals surface area (Å²) in [6.45, 7) is 2.93. The molecule has 3 nitrogen and oxygen atoms in total. The van der Waals surface area contributed by atoms with E-state index >= 15 is 0 Å². The molecule has 96 valence electrons. The molecule has 0 amide bonds. The summed E-state index contributed by atoms with van der Waals surface area (Å²) < 4.78 is 15.6. The number of benzene rings is 1. The number of nitrogens with zero attached hydrogens (tertiary/aromatic N) is 2. The lowest BCUT2D eigenvalue weighted by Crippen LogP contribution is -2.23. The fourth-order valence-corrected chi connectivity index (χ4v) is 1.99. The molecular weight excluding hydrogens is 229 g/mol. The van der Waals surface area contributed by atoms with Gasteiger partial charge in [0.05, 0.1) is 12.2 Å². The molecule has 0 radical (unpaired) electrons. The lowest BCUT2D eigenvalue weighted by atomic mass is 10.0. The van der Waals surface area contributed by atoms with E-state index in [9.17, 15) is 4.39 Å². The van der Waals surface area contributed by atoms with E-state index in [0.717, 1.165) is 18.5 Å². The van der Waals surface area contributed by atoms with E-state index < -0.39 is 0 Å². The van der Waals surface area contributed by atoms with Crippen molar-refractivity contribution >= 4 is 0 Å². The van der Waals surface area contributed by atoms with Crippen molar-refractivity contribution in [3.63, 3.8) is 0 Å². The first-order valence-corrected chi connectivity index (χ1v) is 6.18. The van der Waals surface area contributed by atoms with Gasteiger partial charge in [0.15, 0.2) is 0 Å². The molecule has 1 aromatic heterocycles. The monoisotopic (exact) mass is 247 g/mol. The first-order chi connectivity index (χ1) is 8.72. The number of rotatable bonds is 5. The zero-order valence-corrected chi connectivity index (χ0v) is 10.7. The van der Waals surface area contributed by atoms with Gasteiger partial charge in [-0.05, 0) is 19.0 Å². The molecule has 0 aliphatic heterocycles. The molecule has 1 aromatic carbocycles. The molecular formula is C14H18FN3. The summed E-state index contributed by atoms with van der Waals surface area (Å²) in [7, 11) is 1.86.